The minimum atomic E-state index is 0.725. The molecule has 0 aliphatic heterocycles. The van der Waals surface area contributed by atoms with Crippen LogP contribution in [0, 0.1) is 6.92 Å². The van der Waals surface area contributed by atoms with Crippen LogP contribution in [-0.4, -0.2) is 20.2 Å². The standard InChI is InChI=1S/C7H7BrN4S/c1-5-9-10-11-12(5)2-6-3-13-4-7(6)8/h3-4H,2H2,1H3. The van der Waals surface area contributed by atoms with Gasteiger partial charge in [-0.1, -0.05) is 0 Å². The van der Waals surface area contributed by atoms with Crippen LogP contribution < -0.4 is 0 Å². The van der Waals surface area contributed by atoms with E-state index in [0.717, 1.165) is 16.8 Å². The average molecular weight is 259 g/mol. The number of halogens is 1. The van der Waals surface area contributed by atoms with Crippen molar-refractivity contribution in [3.63, 3.8) is 0 Å². The second kappa shape index (κ2) is 3.55. The summed E-state index contributed by atoms with van der Waals surface area (Å²) in [5, 5.41) is 15.4. The van der Waals surface area contributed by atoms with Crippen LogP contribution in [0.15, 0.2) is 15.2 Å². The van der Waals surface area contributed by atoms with Crippen LogP contribution in [0.1, 0.15) is 11.4 Å². The van der Waals surface area contributed by atoms with Crippen molar-refractivity contribution >= 4 is 27.3 Å². The Morgan fingerprint density at radius 3 is 2.92 bits per heavy atom. The quantitative estimate of drug-likeness (QED) is 0.826. The largest absolute Gasteiger partial charge is 0.225 e. The lowest BCUT2D eigenvalue weighted by molar-refractivity contribution is 0.633. The summed E-state index contributed by atoms with van der Waals surface area (Å²) in [5.41, 5.74) is 1.21. The van der Waals surface area contributed by atoms with Gasteiger partial charge in [-0.15, -0.1) is 5.10 Å². The highest BCUT2D eigenvalue weighted by Gasteiger charge is 2.05. The van der Waals surface area contributed by atoms with Crippen LogP contribution in [0.25, 0.3) is 0 Å². The predicted octanol–water partition coefficient (Wildman–Crippen LogP) is 1.85. The highest BCUT2D eigenvalue weighted by atomic mass is 79.9. The van der Waals surface area contributed by atoms with E-state index in [4.69, 9.17) is 0 Å². The van der Waals surface area contributed by atoms with Gasteiger partial charge in [0.25, 0.3) is 0 Å². The Labute approximate surface area is 87.7 Å². The molecule has 0 N–H and O–H groups in total. The van der Waals surface area contributed by atoms with Gasteiger partial charge >= 0.3 is 0 Å². The van der Waals surface area contributed by atoms with Gasteiger partial charge in [-0.05, 0) is 44.2 Å². The molecule has 0 fully saturated rings. The fraction of sp³-hybridized carbons (Fsp3) is 0.286. The van der Waals surface area contributed by atoms with Gasteiger partial charge in [0.15, 0.2) is 0 Å². The fourth-order valence-electron chi connectivity index (χ4n) is 0.977. The van der Waals surface area contributed by atoms with Gasteiger partial charge in [-0.3, -0.25) is 0 Å². The van der Waals surface area contributed by atoms with Gasteiger partial charge in [-0.25, -0.2) is 4.68 Å². The third-order valence-corrected chi connectivity index (χ3v) is 3.55. The first-order valence-electron chi connectivity index (χ1n) is 3.70. The molecule has 2 aromatic heterocycles. The molecule has 4 nitrogen and oxygen atoms in total. The number of thiophene rings is 1. The average Bonchev–Trinajstić information content (AvgIpc) is 2.65. The molecule has 0 unspecified atom stereocenters. The highest BCUT2D eigenvalue weighted by Crippen LogP contribution is 2.21. The molecule has 2 rings (SSSR count). The lowest BCUT2D eigenvalue weighted by Crippen LogP contribution is -2.03. The monoisotopic (exact) mass is 258 g/mol. The molecule has 0 saturated heterocycles. The second-order valence-corrected chi connectivity index (χ2v) is 4.23. The molecule has 0 amide bonds. The highest BCUT2D eigenvalue weighted by molar-refractivity contribution is 9.10. The smallest absolute Gasteiger partial charge is 0.148 e. The lowest BCUT2D eigenvalue weighted by atomic mass is 10.3. The molecule has 0 spiro atoms. The van der Waals surface area contributed by atoms with Gasteiger partial charge in [-0.2, -0.15) is 11.3 Å². The lowest BCUT2D eigenvalue weighted by Gasteiger charge is -1.99. The number of hydrogen-bond donors (Lipinski definition) is 0. The van der Waals surface area contributed by atoms with Crippen LogP contribution >= 0.6 is 27.3 Å². The molecule has 68 valence electrons. The Bertz CT molecular complexity index is 370. The van der Waals surface area contributed by atoms with Crippen LogP contribution in [0.2, 0.25) is 0 Å². The molecule has 0 bridgehead atoms. The minimum absolute atomic E-state index is 0.725. The van der Waals surface area contributed by atoms with Crippen molar-refractivity contribution in [1.82, 2.24) is 20.2 Å². The summed E-state index contributed by atoms with van der Waals surface area (Å²) in [4.78, 5) is 0. The molecular weight excluding hydrogens is 252 g/mol. The molecule has 2 aromatic rings. The predicted molar refractivity (Wildman–Crippen MR) is 53.7 cm³/mol. The van der Waals surface area contributed by atoms with E-state index >= 15 is 0 Å². The summed E-state index contributed by atoms with van der Waals surface area (Å²) in [6.07, 6.45) is 0. The van der Waals surface area contributed by atoms with Crippen molar-refractivity contribution < 1.29 is 0 Å². The van der Waals surface area contributed by atoms with E-state index in [0.29, 0.717) is 0 Å². The SMILES string of the molecule is Cc1nnnn1Cc1cscc1Br. The molecule has 0 atom stereocenters. The summed E-state index contributed by atoms with van der Waals surface area (Å²) in [6, 6.07) is 0. The maximum absolute atomic E-state index is 3.87. The Hall–Kier alpha value is -0.750. The molecular formula is C7H7BrN4S. The molecule has 0 aliphatic rings. The summed E-state index contributed by atoms with van der Waals surface area (Å²) >= 11 is 5.13. The van der Waals surface area contributed by atoms with Gasteiger partial charge in [0.2, 0.25) is 0 Å². The Kier molecular flexibility index (Phi) is 2.41. The molecule has 0 radical (unpaired) electrons. The number of aryl methyl sites for hydroxylation is 1. The summed E-state index contributed by atoms with van der Waals surface area (Å²) in [7, 11) is 0. The van der Waals surface area contributed by atoms with Crippen molar-refractivity contribution in [2.45, 2.75) is 13.5 Å². The van der Waals surface area contributed by atoms with Gasteiger partial charge in [0.05, 0.1) is 6.54 Å². The van der Waals surface area contributed by atoms with Crippen LogP contribution in [0.5, 0.6) is 0 Å². The Balaban J connectivity index is 2.24. The number of nitrogens with zero attached hydrogens (tertiary/aromatic N) is 4. The zero-order valence-corrected chi connectivity index (χ0v) is 9.34. The van der Waals surface area contributed by atoms with Gasteiger partial charge in [0, 0.05) is 9.85 Å². The normalized spacial score (nSPS) is 10.6. The number of aromatic nitrogens is 4. The zero-order chi connectivity index (χ0) is 9.26. The van der Waals surface area contributed by atoms with E-state index in [9.17, 15) is 0 Å². The number of hydrogen-bond acceptors (Lipinski definition) is 4. The van der Waals surface area contributed by atoms with Crippen molar-refractivity contribution in [3.05, 3.63) is 26.6 Å². The van der Waals surface area contributed by atoms with E-state index in [-0.39, 0.29) is 0 Å². The summed E-state index contributed by atoms with van der Waals surface area (Å²) in [5.74, 6) is 0.832. The third kappa shape index (κ3) is 1.78. The minimum Gasteiger partial charge on any atom is -0.225 e. The van der Waals surface area contributed by atoms with E-state index in [2.05, 4.69) is 42.2 Å². The first-order chi connectivity index (χ1) is 6.27. The number of rotatable bonds is 2. The Morgan fingerprint density at radius 1 is 1.54 bits per heavy atom. The van der Waals surface area contributed by atoms with Crippen molar-refractivity contribution in [3.8, 4) is 0 Å². The molecule has 2 heterocycles. The van der Waals surface area contributed by atoms with Gasteiger partial charge < -0.3 is 0 Å². The van der Waals surface area contributed by atoms with Crippen molar-refractivity contribution in [2.24, 2.45) is 0 Å². The topological polar surface area (TPSA) is 43.6 Å². The first kappa shape index (κ1) is 8.83. The van der Waals surface area contributed by atoms with Crippen LogP contribution in [-0.2, 0) is 6.54 Å². The van der Waals surface area contributed by atoms with E-state index in [1.54, 1.807) is 16.0 Å². The molecule has 6 heteroatoms. The van der Waals surface area contributed by atoms with Crippen molar-refractivity contribution in [1.29, 1.82) is 0 Å². The molecule has 0 saturated carbocycles. The fourth-order valence-corrected chi connectivity index (χ4v) is 2.40. The molecule has 13 heavy (non-hydrogen) atoms. The van der Waals surface area contributed by atoms with Crippen LogP contribution in [0.3, 0.4) is 0 Å². The number of tetrazole rings is 1. The van der Waals surface area contributed by atoms with E-state index in [1.165, 1.54) is 5.56 Å². The third-order valence-electron chi connectivity index (χ3n) is 1.72. The summed E-state index contributed by atoms with van der Waals surface area (Å²) in [6.45, 7) is 2.61. The van der Waals surface area contributed by atoms with E-state index in [1.807, 2.05) is 6.92 Å². The second-order valence-electron chi connectivity index (χ2n) is 2.63. The van der Waals surface area contributed by atoms with Crippen molar-refractivity contribution in [2.75, 3.05) is 0 Å². The van der Waals surface area contributed by atoms with Crippen LogP contribution in [0.4, 0.5) is 0 Å². The van der Waals surface area contributed by atoms with Gasteiger partial charge in [0.1, 0.15) is 5.82 Å². The molecule has 0 aromatic carbocycles. The first-order valence-corrected chi connectivity index (χ1v) is 5.44. The Morgan fingerprint density at radius 2 is 2.38 bits per heavy atom. The maximum Gasteiger partial charge on any atom is 0.148 e. The van der Waals surface area contributed by atoms with E-state index < -0.39 is 0 Å². The maximum atomic E-state index is 3.87. The summed E-state index contributed by atoms with van der Waals surface area (Å²) < 4.78 is 2.89. The zero-order valence-electron chi connectivity index (χ0n) is 6.94. The molecule has 0 aliphatic carbocycles.